The van der Waals surface area contributed by atoms with Crippen molar-refractivity contribution in [1.29, 1.82) is 0 Å². The van der Waals surface area contributed by atoms with Gasteiger partial charge in [-0.3, -0.25) is 9.78 Å². The SMILES string of the molecule is CC(C)N(Cc1ccccn1)C(=O)c1cccc(N)c1Cl. The van der Waals surface area contributed by atoms with Gasteiger partial charge in [0.1, 0.15) is 0 Å². The van der Waals surface area contributed by atoms with Crippen LogP contribution in [0.25, 0.3) is 0 Å². The Morgan fingerprint density at radius 3 is 2.67 bits per heavy atom. The average Bonchev–Trinajstić information content (AvgIpc) is 2.48. The first-order chi connectivity index (χ1) is 10.0. The van der Waals surface area contributed by atoms with Crippen LogP contribution in [0.2, 0.25) is 5.02 Å². The lowest BCUT2D eigenvalue weighted by Gasteiger charge is -2.27. The standard InChI is InChI=1S/C16H18ClN3O/c1-11(2)20(10-12-6-3-4-9-19-12)16(21)13-7-5-8-14(18)15(13)17/h3-9,11H,10,18H2,1-2H3. The number of carbonyl (C=O) groups excluding carboxylic acids is 1. The quantitative estimate of drug-likeness (QED) is 0.881. The third-order valence-corrected chi connectivity index (χ3v) is 3.62. The van der Waals surface area contributed by atoms with E-state index in [2.05, 4.69) is 4.98 Å². The van der Waals surface area contributed by atoms with Crippen molar-refractivity contribution in [2.75, 3.05) is 5.73 Å². The Morgan fingerprint density at radius 1 is 1.29 bits per heavy atom. The van der Waals surface area contributed by atoms with Gasteiger partial charge in [0.15, 0.2) is 0 Å². The molecule has 5 heteroatoms. The highest BCUT2D eigenvalue weighted by molar-refractivity contribution is 6.36. The number of benzene rings is 1. The number of halogens is 1. The zero-order valence-electron chi connectivity index (χ0n) is 12.1. The molecule has 0 aliphatic rings. The van der Waals surface area contributed by atoms with Crippen LogP contribution >= 0.6 is 11.6 Å². The largest absolute Gasteiger partial charge is 0.398 e. The smallest absolute Gasteiger partial charge is 0.256 e. The van der Waals surface area contributed by atoms with Crippen molar-refractivity contribution in [3.63, 3.8) is 0 Å². The fourth-order valence-corrected chi connectivity index (χ4v) is 2.23. The van der Waals surface area contributed by atoms with Gasteiger partial charge < -0.3 is 10.6 Å². The number of hydrogen-bond donors (Lipinski definition) is 1. The molecule has 110 valence electrons. The second-order valence-electron chi connectivity index (χ2n) is 5.06. The molecule has 0 aliphatic heterocycles. The van der Waals surface area contributed by atoms with E-state index in [9.17, 15) is 4.79 Å². The van der Waals surface area contributed by atoms with Gasteiger partial charge in [-0.2, -0.15) is 0 Å². The van der Waals surface area contributed by atoms with Crippen LogP contribution in [-0.4, -0.2) is 21.8 Å². The van der Waals surface area contributed by atoms with E-state index in [0.29, 0.717) is 22.8 Å². The number of hydrogen-bond acceptors (Lipinski definition) is 3. The summed E-state index contributed by atoms with van der Waals surface area (Å²) in [5.74, 6) is -0.145. The average molecular weight is 304 g/mol. The van der Waals surface area contributed by atoms with Crippen molar-refractivity contribution in [1.82, 2.24) is 9.88 Å². The Labute approximate surface area is 129 Å². The van der Waals surface area contributed by atoms with Crippen molar-refractivity contribution in [3.05, 3.63) is 58.9 Å². The summed E-state index contributed by atoms with van der Waals surface area (Å²) >= 11 is 6.15. The Kier molecular flexibility index (Phi) is 4.81. The summed E-state index contributed by atoms with van der Waals surface area (Å²) in [7, 11) is 0. The Morgan fingerprint density at radius 2 is 2.05 bits per heavy atom. The molecule has 0 saturated heterocycles. The Balaban J connectivity index is 2.30. The predicted octanol–water partition coefficient (Wildman–Crippen LogP) is 3.37. The van der Waals surface area contributed by atoms with Gasteiger partial charge >= 0.3 is 0 Å². The number of nitrogens with two attached hydrogens (primary N) is 1. The van der Waals surface area contributed by atoms with E-state index in [1.165, 1.54) is 0 Å². The monoisotopic (exact) mass is 303 g/mol. The normalized spacial score (nSPS) is 10.7. The van der Waals surface area contributed by atoms with Crippen LogP contribution in [0.3, 0.4) is 0 Å². The molecule has 1 heterocycles. The molecular weight excluding hydrogens is 286 g/mol. The molecule has 0 aliphatic carbocycles. The van der Waals surface area contributed by atoms with Crippen molar-refractivity contribution < 1.29 is 4.79 Å². The molecule has 0 saturated carbocycles. The van der Waals surface area contributed by atoms with Crippen molar-refractivity contribution in [2.45, 2.75) is 26.4 Å². The maximum Gasteiger partial charge on any atom is 0.256 e. The molecule has 0 fully saturated rings. The molecule has 0 spiro atoms. The summed E-state index contributed by atoms with van der Waals surface area (Å²) in [6.07, 6.45) is 1.71. The van der Waals surface area contributed by atoms with Crippen molar-refractivity contribution in [3.8, 4) is 0 Å². The van der Waals surface area contributed by atoms with Crippen LogP contribution in [-0.2, 0) is 6.54 Å². The molecule has 1 amide bonds. The van der Waals surface area contributed by atoms with Gasteiger partial charge in [-0.25, -0.2) is 0 Å². The molecule has 0 atom stereocenters. The molecule has 4 nitrogen and oxygen atoms in total. The summed E-state index contributed by atoms with van der Waals surface area (Å²) < 4.78 is 0. The topological polar surface area (TPSA) is 59.2 Å². The molecule has 0 bridgehead atoms. The summed E-state index contributed by atoms with van der Waals surface area (Å²) in [5.41, 5.74) is 7.43. The number of carbonyl (C=O) groups is 1. The van der Waals surface area contributed by atoms with Gasteiger partial charge in [0.2, 0.25) is 0 Å². The Hall–Kier alpha value is -2.07. The first-order valence-corrected chi connectivity index (χ1v) is 7.13. The van der Waals surface area contributed by atoms with Gasteiger partial charge in [-0.15, -0.1) is 0 Å². The molecule has 21 heavy (non-hydrogen) atoms. The molecule has 1 aromatic carbocycles. The van der Waals surface area contributed by atoms with Crippen molar-refractivity contribution >= 4 is 23.2 Å². The number of amides is 1. The number of pyridine rings is 1. The summed E-state index contributed by atoms with van der Waals surface area (Å²) in [4.78, 5) is 18.7. The van der Waals surface area contributed by atoms with E-state index < -0.39 is 0 Å². The molecular formula is C16H18ClN3O. The van der Waals surface area contributed by atoms with Crippen LogP contribution in [0, 0.1) is 0 Å². The zero-order chi connectivity index (χ0) is 15.4. The highest BCUT2D eigenvalue weighted by Gasteiger charge is 2.22. The molecule has 2 N–H and O–H groups in total. The third kappa shape index (κ3) is 3.52. The molecule has 1 aromatic heterocycles. The lowest BCUT2D eigenvalue weighted by molar-refractivity contribution is 0.0688. The predicted molar refractivity (Wildman–Crippen MR) is 85.1 cm³/mol. The Bertz CT molecular complexity index is 629. The summed E-state index contributed by atoms with van der Waals surface area (Å²) in [6, 6.07) is 10.8. The van der Waals surface area contributed by atoms with E-state index in [0.717, 1.165) is 5.69 Å². The van der Waals surface area contributed by atoms with Crippen LogP contribution in [0.5, 0.6) is 0 Å². The van der Waals surface area contributed by atoms with E-state index in [-0.39, 0.29) is 11.9 Å². The van der Waals surface area contributed by atoms with Crippen LogP contribution < -0.4 is 5.73 Å². The number of aromatic nitrogens is 1. The van der Waals surface area contributed by atoms with Gasteiger partial charge in [-0.1, -0.05) is 23.7 Å². The molecule has 2 aromatic rings. The molecule has 2 rings (SSSR count). The minimum atomic E-state index is -0.145. The number of nitrogens with zero attached hydrogens (tertiary/aromatic N) is 2. The number of rotatable bonds is 4. The first-order valence-electron chi connectivity index (χ1n) is 6.75. The highest BCUT2D eigenvalue weighted by atomic mass is 35.5. The number of anilines is 1. The van der Waals surface area contributed by atoms with E-state index in [1.54, 1.807) is 29.3 Å². The van der Waals surface area contributed by atoms with E-state index in [4.69, 9.17) is 17.3 Å². The highest BCUT2D eigenvalue weighted by Crippen LogP contribution is 2.25. The second kappa shape index (κ2) is 6.59. The minimum absolute atomic E-state index is 0.0250. The lowest BCUT2D eigenvalue weighted by Crippen LogP contribution is -2.36. The first kappa shape index (κ1) is 15.3. The fraction of sp³-hybridized carbons (Fsp3) is 0.250. The summed E-state index contributed by atoms with van der Waals surface area (Å²) in [6.45, 7) is 4.35. The maximum absolute atomic E-state index is 12.7. The fourth-order valence-electron chi connectivity index (χ4n) is 2.02. The van der Waals surface area contributed by atoms with Crippen LogP contribution in [0.1, 0.15) is 29.9 Å². The van der Waals surface area contributed by atoms with Crippen LogP contribution in [0.4, 0.5) is 5.69 Å². The van der Waals surface area contributed by atoms with Gasteiger partial charge in [-0.05, 0) is 38.1 Å². The van der Waals surface area contributed by atoms with Gasteiger partial charge in [0.25, 0.3) is 5.91 Å². The second-order valence-corrected chi connectivity index (χ2v) is 5.43. The number of nitrogen functional groups attached to an aromatic ring is 1. The zero-order valence-corrected chi connectivity index (χ0v) is 12.8. The van der Waals surface area contributed by atoms with E-state index in [1.807, 2.05) is 32.0 Å². The van der Waals surface area contributed by atoms with E-state index >= 15 is 0 Å². The van der Waals surface area contributed by atoms with Crippen molar-refractivity contribution in [2.24, 2.45) is 0 Å². The van der Waals surface area contributed by atoms with Crippen LogP contribution in [0.15, 0.2) is 42.6 Å². The third-order valence-electron chi connectivity index (χ3n) is 3.20. The summed E-state index contributed by atoms with van der Waals surface area (Å²) in [5, 5.41) is 0.300. The minimum Gasteiger partial charge on any atom is -0.398 e. The molecule has 0 unspecified atom stereocenters. The lowest BCUT2D eigenvalue weighted by atomic mass is 10.1. The van der Waals surface area contributed by atoms with Gasteiger partial charge in [0, 0.05) is 12.2 Å². The van der Waals surface area contributed by atoms with Gasteiger partial charge in [0.05, 0.1) is 28.5 Å². The molecule has 0 radical (unpaired) electrons. The maximum atomic E-state index is 12.7.